The molecule has 0 spiro atoms. The maximum atomic E-state index is 13.0. The number of aliphatic carboxylic acids is 1. The number of carbonyl (C=O) groups is 1. The molecule has 7 heteroatoms. The Morgan fingerprint density at radius 2 is 1.96 bits per heavy atom. The Labute approximate surface area is 137 Å². The van der Waals surface area contributed by atoms with Crippen LogP contribution in [0.4, 0.5) is 0 Å². The number of carboxylic acid groups (broad SMARTS) is 1. The third-order valence-electron chi connectivity index (χ3n) is 4.35. The fourth-order valence-electron chi connectivity index (χ4n) is 2.89. The zero-order valence-electron chi connectivity index (χ0n) is 13.6. The summed E-state index contributed by atoms with van der Waals surface area (Å²) in [6, 6.07) is 9.23. The maximum absolute atomic E-state index is 13.0. The van der Waals surface area contributed by atoms with Gasteiger partial charge in [0.15, 0.2) is 0 Å². The number of hydrogen-bond donors (Lipinski definition) is 1. The summed E-state index contributed by atoms with van der Waals surface area (Å²) >= 11 is 0. The van der Waals surface area contributed by atoms with E-state index in [0.717, 1.165) is 5.56 Å². The molecule has 0 bridgehead atoms. The van der Waals surface area contributed by atoms with Crippen molar-refractivity contribution in [1.82, 2.24) is 8.61 Å². The molecular formula is C16H24N2O4S. The van der Waals surface area contributed by atoms with E-state index in [1.807, 2.05) is 37.3 Å². The molecule has 0 saturated carbocycles. The van der Waals surface area contributed by atoms with E-state index < -0.39 is 22.1 Å². The van der Waals surface area contributed by atoms with Gasteiger partial charge in [-0.3, -0.25) is 4.79 Å². The predicted molar refractivity (Wildman–Crippen MR) is 88.0 cm³/mol. The van der Waals surface area contributed by atoms with Crippen molar-refractivity contribution < 1.29 is 18.3 Å². The standard InChI is InChI=1S/C16H24N2O4S/c1-3-17(11-14-7-5-4-6-8-14)23(21,22)18-12-15(16(19)20)10-9-13(18)2/h4-8,13,15H,3,9-12H2,1-2H3,(H,19,20). The number of piperidine rings is 1. The Bertz CT molecular complexity index is 633. The first kappa shape index (κ1) is 17.9. The van der Waals surface area contributed by atoms with Crippen LogP contribution in [0.1, 0.15) is 32.3 Å². The first-order valence-corrected chi connectivity index (χ1v) is 9.29. The Morgan fingerprint density at radius 3 is 2.52 bits per heavy atom. The minimum atomic E-state index is -3.68. The van der Waals surface area contributed by atoms with E-state index in [0.29, 0.717) is 25.9 Å². The fourth-order valence-corrected chi connectivity index (χ4v) is 4.75. The van der Waals surface area contributed by atoms with Crippen LogP contribution in [0.5, 0.6) is 0 Å². The molecule has 2 atom stereocenters. The normalized spacial score (nSPS) is 23.1. The number of rotatable bonds is 6. The van der Waals surface area contributed by atoms with Crippen LogP contribution in [0.2, 0.25) is 0 Å². The molecule has 1 N–H and O–H groups in total. The van der Waals surface area contributed by atoms with Crippen molar-refractivity contribution in [3.8, 4) is 0 Å². The van der Waals surface area contributed by atoms with Gasteiger partial charge in [0.25, 0.3) is 10.2 Å². The zero-order valence-corrected chi connectivity index (χ0v) is 14.4. The molecule has 1 fully saturated rings. The molecule has 0 amide bonds. The molecule has 1 aliphatic rings. The molecule has 23 heavy (non-hydrogen) atoms. The first-order chi connectivity index (χ1) is 10.9. The van der Waals surface area contributed by atoms with Gasteiger partial charge < -0.3 is 5.11 Å². The predicted octanol–water partition coefficient (Wildman–Crippen LogP) is 1.94. The molecule has 6 nitrogen and oxygen atoms in total. The van der Waals surface area contributed by atoms with Crippen LogP contribution >= 0.6 is 0 Å². The van der Waals surface area contributed by atoms with Crippen LogP contribution in [0.25, 0.3) is 0 Å². The first-order valence-electron chi connectivity index (χ1n) is 7.90. The molecule has 0 aromatic heterocycles. The molecule has 1 aliphatic heterocycles. The number of nitrogens with zero attached hydrogens (tertiary/aromatic N) is 2. The number of carboxylic acids is 1. The van der Waals surface area contributed by atoms with Gasteiger partial charge in [0.05, 0.1) is 5.92 Å². The van der Waals surface area contributed by atoms with Crippen molar-refractivity contribution >= 4 is 16.2 Å². The maximum Gasteiger partial charge on any atom is 0.307 e. The van der Waals surface area contributed by atoms with Crippen molar-refractivity contribution in [2.24, 2.45) is 5.92 Å². The van der Waals surface area contributed by atoms with Crippen LogP contribution in [-0.2, 0) is 21.5 Å². The van der Waals surface area contributed by atoms with Gasteiger partial charge in [0, 0.05) is 25.7 Å². The van der Waals surface area contributed by atoms with Crippen molar-refractivity contribution in [1.29, 1.82) is 0 Å². The summed E-state index contributed by atoms with van der Waals surface area (Å²) < 4.78 is 28.7. The summed E-state index contributed by atoms with van der Waals surface area (Å²) in [7, 11) is -3.68. The minimum absolute atomic E-state index is 0.0458. The number of benzene rings is 1. The van der Waals surface area contributed by atoms with E-state index in [1.165, 1.54) is 8.61 Å². The van der Waals surface area contributed by atoms with Crippen LogP contribution in [0.3, 0.4) is 0 Å². The lowest BCUT2D eigenvalue weighted by atomic mass is 9.96. The molecule has 1 heterocycles. The van der Waals surface area contributed by atoms with Crippen molar-refractivity contribution in [2.75, 3.05) is 13.1 Å². The van der Waals surface area contributed by atoms with E-state index in [-0.39, 0.29) is 12.6 Å². The van der Waals surface area contributed by atoms with E-state index in [4.69, 9.17) is 0 Å². The third kappa shape index (κ3) is 4.10. The number of hydrogen-bond acceptors (Lipinski definition) is 3. The summed E-state index contributed by atoms with van der Waals surface area (Å²) in [5.74, 6) is -1.56. The molecule has 2 rings (SSSR count). The Morgan fingerprint density at radius 1 is 1.30 bits per heavy atom. The molecule has 2 unspecified atom stereocenters. The smallest absolute Gasteiger partial charge is 0.307 e. The topological polar surface area (TPSA) is 77.9 Å². The zero-order chi connectivity index (χ0) is 17.0. The summed E-state index contributed by atoms with van der Waals surface area (Å²) in [6.45, 7) is 4.32. The monoisotopic (exact) mass is 340 g/mol. The second-order valence-corrected chi connectivity index (χ2v) is 7.83. The Kier molecular flexibility index (Phi) is 5.78. The molecule has 128 valence electrons. The van der Waals surface area contributed by atoms with Crippen LogP contribution in [0.15, 0.2) is 30.3 Å². The Hall–Kier alpha value is -1.44. The summed E-state index contributed by atoms with van der Waals surface area (Å²) in [4.78, 5) is 11.2. The largest absolute Gasteiger partial charge is 0.481 e. The van der Waals surface area contributed by atoms with Gasteiger partial charge in [-0.15, -0.1) is 0 Å². The van der Waals surface area contributed by atoms with Crippen molar-refractivity contribution in [2.45, 2.75) is 39.3 Å². The molecule has 1 aromatic carbocycles. The van der Waals surface area contributed by atoms with Crippen LogP contribution in [-0.4, -0.2) is 47.2 Å². The lowest BCUT2D eigenvalue weighted by molar-refractivity contribution is -0.143. The molecular weight excluding hydrogens is 316 g/mol. The Balaban J connectivity index is 2.21. The van der Waals surface area contributed by atoms with E-state index >= 15 is 0 Å². The molecule has 0 aliphatic carbocycles. The molecule has 0 radical (unpaired) electrons. The highest BCUT2D eigenvalue weighted by atomic mass is 32.2. The molecule has 1 saturated heterocycles. The quantitative estimate of drug-likeness (QED) is 0.858. The van der Waals surface area contributed by atoms with Crippen LogP contribution in [0, 0.1) is 5.92 Å². The second-order valence-electron chi connectivity index (χ2n) is 5.95. The van der Waals surface area contributed by atoms with Gasteiger partial charge in [-0.25, -0.2) is 0 Å². The van der Waals surface area contributed by atoms with Gasteiger partial charge in [-0.05, 0) is 25.3 Å². The van der Waals surface area contributed by atoms with Gasteiger partial charge in [0.2, 0.25) is 0 Å². The lowest BCUT2D eigenvalue weighted by Gasteiger charge is -2.38. The highest BCUT2D eigenvalue weighted by Gasteiger charge is 2.39. The summed E-state index contributed by atoms with van der Waals surface area (Å²) in [5, 5.41) is 9.20. The summed E-state index contributed by atoms with van der Waals surface area (Å²) in [5.41, 5.74) is 0.914. The fraction of sp³-hybridized carbons (Fsp3) is 0.562. The third-order valence-corrected chi connectivity index (χ3v) is 6.49. The van der Waals surface area contributed by atoms with E-state index in [9.17, 15) is 18.3 Å². The van der Waals surface area contributed by atoms with E-state index in [2.05, 4.69) is 0 Å². The second kappa shape index (κ2) is 7.42. The highest BCUT2D eigenvalue weighted by Crippen LogP contribution is 2.27. The van der Waals surface area contributed by atoms with Gasteiger partial charge >= 0.3 is 5.97 Å². The SMILES string of the molecule is CCN(Cc1ccccc1)S(=O)(=O)N1CC(C(=O)O)CCC1C. The lowest BCUT2D eigenvalue weighted by Crippen LogP contribution is -2.52. The van der Waals surface area contributed by atoms with Gasteiger partial charge in [0.1, 0.15) is 0 Å². The molecule has 1 aromatic rings. The van der Waals surface area contributed by atoms with Gasteiger partial charge in [-0.1, -0.05) is 37.3 Å². The van der Waals surface area contributed by atoms with E-state index in [1.54, 1.807) is 6.92 Å². The summed E-state index contributed by atoms with van der Waals surface area (Å²) in [6.07, 6.45) is 1.09. The minimum Gasteiger partial charge on any atom is -0.481 e. The van der Waals surface area contributed by atoms with Crippen LogP contribution < -0.4 is 0 Å². The van der Waals surface area contributed by atoms with Crippen molar-refractivity contribution in [3.63, 3.8) is 0 Å². The highest BCUT2D eigenvalue weighted by molar-refractivity contribution is 7.86. The average Bonchev–Trinajstić information content (AvgIpc) is 2.53. The average molecular weight is 340 g/mol. The van der Waals surface area contributed by atoms with Gasteiger partial charge in [-0.2, -0.15) is 17.0 Å². The van der Waals surface area contributed by atoms with Crippen molar-refractivity contribution in [3.05, 3.63) is 35.9 Å².